The number of nitrogens with zero attached hydrogens (tertiary/aromatic N) is 1. The first kappa shape index (κ1) is 13.9. The van der Waals surface area contributed by atoms with Gasteiger partial charge >= 0.3 is 12.0 Å². The highest BCUT2D eigenvalue weighted by Gasteiger charge is 2.28. The molecule has 0 radical (unpaired) electrons. The molecule has 104 valence electrons. The summed E-state index contributed by atoms with van der Waals surface area (Å²) in [5.41, 5.74) is 0. The van der Waals surface area contributed by atoms with Crippen molar-refractivity contribution < 1.29 is 14.7 Å². The maximum Gasteiger partial charge on any atom is 0.323 e. The van der Waals surface area contributed by atoms with E-state index < -0.39 is 5.97 Å². The third-order valence-electron chi connectivity index (χ3n) is 3.33. The monoisotopic (exact) mass is 282 g/mol. The summed E-state index contributed by atoms with van der Waals surface area (Å²) in [7, 11) is 0. The molecule has 2 amide bonds. The Morgan fingerprint density at radius 1 is 1.42 bits per heavy atom. The summed E-state index contributed by atoms with van der Waals surface area (Å²) in [5.74, 6) is -0.960. The Labute approximate surface area is 116 Å². The van der Waals surface area contributed by atoms with E-state index in [1.807, 2.05) is 17.5 Å². The largest absolute Gasteiger partial charge is 0.480 e. The van der Waals surface area contributed by atoms with Gasteiger partial charge in [-0.2, -0.15) is 0 Å². The Balaban J connectivity index is 1.92. The van der Waals surface area contributed by atoms with E-state index >= 15 is 0 Å². The second-order valence-corrected chi connectivity index (χ2v) is 5.73. The van der Waals surface area contributed by atoms with Gasteiger partial charge in [-0.15, -0.1) is 11.3 Å². The summed E-state index contributed by atoms with van der Waals surface area (Å²) >= 11 is 1.57. The standard InChI is InChI=1S/C13H18N2O3S/c16-12(17)9-15(10-4-1-2-5-10)13(18)14-8-11-6-3-7-19-11/h3,6-7,10H,1-2,4-5,8-9H2,(H,14,18)(H,16,17). The van der Waals surface area contributed by atoms with Gasteiger partial charge in [-0.05, 0) is 24.3 Å². The molecule has 1 heterocycles. The quantitative estimate of drug-likeness (QED) is 0.870. The normalized spacial score (nSPS) is 15.4. The lowest BCUT2D eigenvalue weighted by Crippen LogP contribution is -2.47. The molecule has 0 spiro atoms. The molecule has 0 saturated heterocycles. The Bertz CT molecular complexity index is 427. The van der Waals surface area contributed by atoms with Gasteiger partial charge in [-0.1, -0.05) is 18.9 Å². The average Bonchev–Trinajstić information content (AvgIpc) is 3.05. The lowest BCUT2D eigenvalue weighted by atomic mass is 10.2. The number of carboxylic acids is 1. The number of hydrogen-bond acceptors (Lipinski definition) is 3. The Kier molecular flexibility index (Phi) is 4.79. The Morgan fingerprint density at radius 3 is 2.74 bits per heavy atom. The number of hydrogen-bond donors (Lipinski definition) is 2. The molecular formula is C13H18N2O3S. The third-order valence-corrected chi connectivity index (χ3v) is 4.20. The first-order valence-corrected chi connectivity index (χ1v) is 7.33. The van der Waals surface area contributed by atoms with Crippen LogP contribution in [-0.2, 0) is 11.3 Å². The maximum atomic E-state index is 12.1. The van der Waals surface area contributed by atoms with Crippen molar-refractivity contribution in [1.29, 1.82) is 0 Å². The average molecular weight is 282 g/mol. The van der Waals surface area contributed by atoms with Crippen LogP contribution in [0, 0.1) is 0 Å². The van der Waals surface area contributed by atoms with E-state index in [1.54, 1.807) is 11.3 Å². The molecule has 0 bridgehead atoms. The SMILES string of the molecule is O=C(O)CN(C(=O)NCc1cccs1)C1CCCC1. The van der Waals surface area contributed by atoms with Crippen molar-refractivity contribution in [2.75, 3.05) is 6.54 Å². The minimum atomic E-state index is -0.960. The second kappa shape index (κ2) is 6.56. The summed E-state index contributed by atoms with van der Waals surface area (Å²) in [6.07, 6.45) is 3.94. The van der Waals surface area contributed by atoms with Crippen molar-refractivity contribution in [1.82, 2.24) is 10.2 Å². The number of nitrogens with one attached hydrogen (secondary N) is 1. The molecule has 2 N–H and O–H groups in total. The summed E-state index contributed by atoms with van der Waals surface area (Å²) in [4.78, 5) is 25.5. The molecule has 1 aromatic heterocycles. The van der Waals surface area contributed by atoms with Crippen molar-refractivity contribution in [3.63, 3.8) is 0 Å². The molecule has 0 atom stereocenters. The second-order valence-electron chi connectivity index (χ2n) is 4.70. The van der Waals surface area contributed by atoms with Crippen LogP contribution >= 0.6 is 11.3 Å². The van der Waals surface area contributed by atoms with Crippen molar-refractivity contribution in [2.24, 2.45) is 0 Å². The Morgan fingerprint density at radius 2 is 2.16 bits per heavy atom. The molecule has 19 heavy (non-hydrogen) atoms. The summed E-state index contributed by atoms with van der Waals surface area (Å²) in [6.45, 7) is 0.236. The molecule has 1 fully saturated rings. The topological polar surface area (TPSA) is 69.6 Å². The van der Waals surface area contributed by atoms with Crippen LogP contribution in [0.3, 0.4) is 0 Å². The van der Waals surface area contributed by atoms with Gasteiger partial charge < -0.3 is 15.3 Å². The molecule has 1 aliphatic carbocycles. The van der Waals surface area contributed by atoms with Crippen molar-refractivity contribution in [2.45, 2.75) is 38.3 Å². The minimum Gasteiger partial charge on any atom is -0.480 e. The summed E-state index contributed by atoms with van der Waals surface area (Å²) < 4.78 is 0. The van der Waals surface area contributed by atoms with E-state index in [0.717, 1.165) is 30.6 Å². The fourth-order valence-corrected chi connectivity index (χ4v) is 3.05. The zero-order chi connectivity index (χ0) is 13.7. The highest BCUT2D eigenvalue weighted by Crippen LogP contribution is 2.23. The van der Waals surface area contributed by atoms with Crippen LogP contribution in [0.15, 0.2) is 17.5 Å². The van der Waals surface area contributed by atoms with Crippen LogP contribution in [0.25, 0.3) is 0 Å². The Hall–Kier alpha value is -1.56. The molecule has 2 rings (SSSR count). The molecule has 6 heteroatoms. The minimum absolute atomic E-state index is 0.0689. The number of carboxylic acid groups (broad SMARTS) is 1. The van der Waals surface area contributed by atoms with Crippen molar-refractivity contribution in [3.05, 3.63) is 22.4 Å². The van der Waals surface area contributed by atoms with E-state index in [1.165, 1.54) is 4.90 Å². The van der Waals surface area contributed by atoms with E-state index in [0.29, 0.717) is 6.54 Å². The summed E-state index contributed by atoms with van der Waals surface area (Å²) in [5, 5.41) is 13.7. The van der Waals surface area contributed by atoms with E-state index in [-0.39, 0.29) is 18.6 Å². The number of aliphatic carboxylic acids is 1. The fourth-order valence-electron chi connectivity index (χ4n) is 2.41. The predicted molar refractivity (Wildman–Crippen MR) is 73.2 cm³/mol. The molecule has 5 nitrogen and oxygen atoms in total. The van der Waals surface area contributed by atoms with E-state index in [4.69, 9.17) is 5.11 Å². The van der Waals surface area contributed by atoms with Gasteiger partial charge in [0, 0.05) is 10.9 Å². The molecule has 0 aromatic carbocycles. The number of thiophene rings is 1. The molecule has 1 saturated carbocycles. The van der Waals surface area contributed by atoms with Crippen LogP contribution in [0.1, 0.15) is 30.6 Å². The number of amides is 2. The van der Waals surface area contributed by atoms with Gasteiger partial charge in [0.2, 0.25) is 0 Å². The lowest BCUT2D eigenvalue weighted by Gasteiger charge is -2.27. The first-order chi connectivity index (χ1) is 9.16. The van der Waals surface area contributed by atoms with Crippen molar-refractivity contribution >= 4 is 23.3 Å². The highest BCUT2D eigenvalue weighted by molar-refractivity contribution is 7.09. The van der Waals surface area contributed by atoms with E-state index in [2.05, 4.69) is 5.32 Å². The van der Waals surface area contributed by atoms with Crippen LogP contribution in [-0.4, -0.2) is 34.6 Å². The zero-order valence-corrected chi connectivity index (χ0v) is 11.5. The molecule has 1 aliphatic rings. The molecule has 0 unspecified atom stereocenters. The van der Waals surface area contributed by atoms with Gasteiger partial charge in [-0.25, -0.2) is 4.79 Å². The van der Waals surface area contributed by atoms with E-state index in [9.17, 15) is 9.59 Å². The number of rotatable bonds is 5. The molecule has 1 aromatic rings. The summed E-state index contributed by atoms with van der Waals surface area (Å²) in [6, 6.07) is 3.67. The first-order valence-electron chi connectivity index (χ1n) is 6.45. The number of urea groups is 1. The van der Waals surface area contributed by atoms with Gasteiger partial charge in [0.15, 0.2) is 0 Å². The molecular weight excluding hydrogens is 264 g/mol. The van der Waals surface area contributed by atoms with Gasteiger partial charge in [0.1, 0.15) is 6.54 Å². The van der Waals surface area contributed by atoms with Crippen LogP contribution in [0.2, 0.25) is 0 Å². The smallest absolute Gasteiger partial charge is 0.323 e. The number of carbonyl (C=O) groups excluding carboxylic acids is 1. The number of carbonyl (C=O) groups is 2. The highest BCUT2D eigenvalue weighted by atomic mass is 32.1. The zero-order valence-electron chi connectivity index (χ0n) is 10.7. The van der Waals surface area contributed by atoms with Crippen LogP contribution in [0.5, 0.6) is 0 Å². The predicted octanol–water partition coefficient (Wildman–Crippen LogP) is 2.29. The fraction of sp³-hybridized carbons (Fsp3) is 0.538. The van der Waals surface area contributed by atoms with Gasteiger partial charge in [0.25, 0.3) is 0 Å². The third kappa shape index (κ3) is 3.96. The van der Waals surface area contributed by atoms with Gasteiger partial charge in [-0.3, -0.25) is 4.79 Å². The maximum absolute atomic E-state index is 12.1. The van der Waals surface area contributed by atoms with Crippen molar-refractivity contribution in [3.8, 4) is 0 Å². The molecule has 0 aliphatic heterocycles. The van der Waals surface area contributed by atoms with Crippen LogP contribution in [0.4, 0.5) is 4.79 Å². The lowest BCUT2D eigenvalue weighted by molar-refractivity contribution is -0.138. The van der Waals surface area contributed by atoms with Crippen LogP contribution < -0.4 is 5.32 Å². The van der Waals surface area contributed by atoms with Gasteiger partial charge in [0.05, 0.1) is 6.54 Å².